The molecule has 2 heterocycles. The normalized spacial score (nSPS) is 26.6. The Bertz CT molecular complexity index is 632. The van der Waals surface area contributed by atoms with Crippen molar-refractivity contribution in [2.75, 3.05) is 13.2 Å². The van der Waals surface area contributed by atoms with Gasteiger partial charge in [-0.1, -0.05) is 43.0 Å². The lowest BCUT2D eigenvalue weighted by molar-refractivity contribution is -0.0645. The third-order valence-corrected chi connectivity index (χ3v) is 4.78. The molecular weight excluding hydrogens is 298 g/mol. The molecule has 0 amide bonds. The molecule has 0 N–H and O–H groups in total. The molecule has 0 aliphatic carbocycles. The summed E-state index contributed by atoms with van der Waals surface area (Å²) in [4.78, 5) is 2.09. The molecule has 3 heteroatoms. The molecule has 0 saturated carbocycles. The monoisotopic (exact) mass is 325 g/mol. The van der Waals surface area contributed by atoms with E-state index in [9.17, 15) is 0 Å². The Kier molecular flexibility index (Phi) is 4.81. The lowest BCUT2D eigenvalue weighted by atomic mass is 9.88. The Morgan fingerprint density at radius 3 is 2.75 bits per heavy atom. The van der Waals surface area contributed by atoms with Crippen LogP contribution in [0.4, 0.5) is 0 Å². The lowest BCUT2D eigenvalue weighted by Crippen LogP contribution is -2.33. The highest BCUT2D eigenvalue weighted by molar-refractivity contribution is 5.28. The molecule has 3 rings (SSSR count). The smallest absolute Gasteiger partial charge is 0.187 e. The highest BCUT2D eigenvalue weighted by Gasteiger charge is 2.31. The summed E-state index contributed by atoms with van der Waals surface area (Å²) in [6, 6.07) is 10.5. The van der Waals surface area contributed by atoms with Crippen molar-refractivity contribution in [3.05, 3.63) is 72.8 Å². The van der Waals surface area contributed by atoms with Gasteiger partial charge in [0.2, 0.25) is 0 Å². The molecule has 2 atom stereocenters. The van der Waals surface area contributed by atoms with E-state index in [-0.39, 0.29) is 11.6 Å². The van der Waals surface area contributed by atoms with Gasteiger partial charge in [-0.25, -0.2) is 0 Å². The fourth-order valence-corrected chi connectivity index (χ4v) is 3.54. The topological polar surface area (TPSA) is 21.7 Å². The highest BCUT2D eigenvalue weighted by atomic mass is 16.5. The minimum Gasteiger partial charge on any atom is -0.477 e. The van der Waals surface area contributed by atoms with Gasteiger partial charge in [0.25, 0.3) is 0 Å². The van der Waals surface area contributed by atoms with E-state index in [0.29, 0.717) is 18.4 Å². The fourth-order valence-electron chi connectivity index (χ4n) is 3.54. The standard InChI is InChI=1S/C21H27NO2/c1-16(10-11-18-12-13-24-21(3,4)14-18)22-17(2)23-15-20(22)19-8-6-5-7-9-19/h5-11,18,20H,1-2,12-15H2,3-4H3/b11-10+/t18?,20-/m0/s1. The van der Waals surface area contributed by atoms with Gasteiger partial charge in [0.1, 0.15) is 6.61 Å². The van der Waals surface area contributed by atoms with Gasteiger partial charge in [-0.05, 0) is 50.8 Å². The van der Waals surface area contributed by atoms with Crippen LogP contribution in [0.2, 0.25) is 0 Å². The van der Waals surface area contributed by atoms with Gasteiger partial charge in [0, 0.05) is 12.3 Å². The van der Waals surface area contributed by atoms with E-state index in [1.807, 2.05) is 6.07 Å². The number of allylic oxidation sites excluding steroid dienone is 2. The van der Waals surface area contributed by atoms with Gasteiger partial charge < -0.3 is 14.4 Å². The Balaban J connectivity index is 1.71. The molecule has 128 valence electrons. The maximum atomic E-state index is 5.79. The average molecular weight is 325 g/mol. The van der Waals surface area contributed by atoms with Gasteiger partial charge in [-0.2, -0.15) is 0 Å². The summed E-state index contributed by atoms with van der Waals surface area (Å²) < 4.78 is 11.5. The number of nitrogens with zero attached hydrogens (tertiary/aromatic N) is 1. The van der Waals surface area contributed by atoms with E-state index in [2.05, 4.69) is 68.3 Å². The first-order valence-corrected chi connectivity index (χ1v) is 8.63. The Morgan fingerprint density at radius 2 is 2.04 bits per heavy atom. The van der Waals surface area contributed by atoms with Crippen molar-refractivity contribution in [3.8, 4) is 0 Å². The van der Waals surface area contributed by atoms with Gasteiger partial charge in [-0.3, -0.25) is 0 Å². The molecule has 2 saturated heterocycles. The molecule has 2 aliphatic heterocycles. The van der Waals surface area contributed by atoms with Gasteiger partial charge in [0.15, 0.2) is 5.88 Å². The van der Waals surface area contributed by atoms with Gasteiger partial charge in [0.05, 0.1) is 11.6 Å². The second kappa shape index (κ2) is 6.86. The van der Waals surface area contributed by atoms with Crippen LogP contribution in [-0.4, -0.2) is 23.7 Å². The molecule has 1 aromatic rings. The van der Waals surface area contributed by atoms with Gasteiger partial charge in [-0.15, -0.1) is 0 Å². The van der Waals surface area contributed by atoms with Crippen LogP contribution in [0.15, 0.2) is 67.2 Å². The average Bonchev–Trinajstić information content (AvgIpc) is 2.94. The molecule has 0 bridgehead atoms. The summed E-state index contributed by atoms with van der Waals surface area (Å²) in [6.45, 7) is 14.0. The van der Waals surface area contributed by atoms with Crippen molar-refractivity contribution in [3.63, 3.8) is 0 Å². The van der Waals surface area contributed by atoms with Crippen LogP contribution >= 0.6 is 0 Å². The number of hydrogen-bond acceptors (Lipinski definition) is 3. The molecule has 24 heavy (non-hydrogen) atoms. The molecule has 1 aromatic carbocycles. The summed E-state index contributed by atoms with van der Waals surface area (Å²) in [5, 5.41) is 0. The first-order chi connectivity index (χ1) is 11.5. The summed E-state index contributed by atoms with van der Waals surface area (Å²) in [7, 11) is 0. The number of hydrogen-bond donors (Lipinski definition) is 0. The van der Waals surface area contributed by atoms with E-state index in [4.69, 9.17) is 9.47 Å². The SMILES string of the molecule is C=C(/C=C/C1CCOC(C)(C)C1)N1C(=C)OC[C@H]1c1ccccc1. The highest BCUT2D eigenvalue weighted by Crippen LogP contribution is 2.36. The molecule has 2 fully saturated rings. The number of benzene rings is 1. The van der Waals surface area contributed by atoms with Gasteiger partial charge >= 0.3 is 0 Å². The van der Waals surface area contributed by atoms with Crippen LogP contribution in [0.1, 0.15) is 38.3 Å². The third kappa shape index (κ3) is 3.73. The van der Waals surface area contributed by atoms with E-state index >= 15 is 0 Å². The van der Waals surface area contributed by atoms with Crippen molar-refractivity contribution >= 4 is 0 Å². The Hall–Kier alpha value is -2.00. The van der Waals surface area contributed by atoms with Crippen LogP contribution < -0.4 is 0 Å². The maximum absolute atomic E-state index is 5.79. The fraction of sp³-hybridized carbons (Fsp3) is 0.429. The first kappa shape index (κ1) is 16.8. The zero-order valence-electron chi connectivity index (χ0n) is 14.7. The Morgan fingerprint density at radius 1 is 1.29 bits per heavy atom. The van der Waals surface area contributed by atoms with E-state index < -0.39 is 0 Å². The zero-order chi connectivity index (χ0) is 17.2. The second-order valence-corrected chi connectivity index (χ2v) is 7.21. The maximum Gasteiger partial charge on any atom is 0.187 e. The quantitative estimate of drug-likeness (QED) is 0.742. The third-order valence-electron chi connectivity index (χ3n) is 4.78. The summed E-state index contributed by atoms with van der Waals surface area (Å²) in [5.74, 6) is 1.20. The van der Waals surface area contributed by atoms with Crippen molar-refractivity contribution in [2.24, 2.45) is 5.92 Å². The molecule has 2 aliphatic rings. The minimum atomic E-state index is -0.0402. The van der Waals surface area contributed by atoms with Crippen molar-refractivity contribution < 1.29 is 9.47 Å². The van der Waals surface area contributed by atoms with Crippen LogP contribution in [0.25, 0.3) is 0 Å². The molecule has 0 aromatic heterocycles. The van der Waals surface area contributed by atoms with Crippen LogP contribution in [0.5, 0.6) is 0 Å². The summed E-state index contributed by atoms with van der Waals surface area (Å²) in [5.41, 5.74) is 2.11. The molecule has 3 nitrogen and oxygen atoms in total. The van der Waals surface area contributed by atoms with Crippen molar-refractivity contribution in [1.29, 1.82) is 0 Å². The predicted octanol–water partition coefficient (Wildman–Crippen LogP) is 4.81. The minimum absolute atomic E-state index is 0.0402. The largest absolute Gasteiger partial charge is 0.477 e. The molecular formula is C21H27NO2. The van der Waals surface area contributed by atoms with Crippen molar-refractivity contribution in [2.45, 2.75) is 38.3 Å². The van der Waals surface area contributed by atoms with E-state index in [1.165, 1.54) is 5.56 Å². The molecule has 1 unspecified atom stereocenters. The molecule has 0 spiro atoms. The second-order valence-electron chi connectivity index (χ2n) is 7.21. The first-order valence-electron chi connectivity index (χ1n) is 8.63. The number of rotatable bonds is 4. The summed E-state index contributed by atoms with van der Waals surface area (Å²) >= 11 is 0. The van der Waals surface area contributed by atoms with Crippen LogP contribution in [0, 0.1) is 5.92 Å². The zero-order valence-corrected chi connectivity index (χ0v) is 14.7. The predicted molar refractivity (Wildman–Crippen MR) is 97.1 cm³/mol. The molecule has 0 radical (unpaired) electrons. The van der Waals surface area contributed by atoms with E-state index in [1.54, 1.807) is 0 Å². The number of ether oxygens (including phenoxy) is 2. The lowest BCUT2D eigenvalue weighted by Gasteiger charge is -2.34. The van der Waals surface area contributed by atoms with Crippen molar-refractivity contribution in [1.82, 2.24) is 4.90 Å². The summed E-state index contributed by atoms with van der Waals surface area (Å²) in [6.07, 6.45) is 6.48. The van der Waals surface area contributed by atoms with Crippen LogP contribution in [-0.2, 0) is 9.47 Å². The van der Waals surface area contributed by atoms with E-state index in [0.717, 1.165) is 25.1 Å². The Labute approximate surface area is 145 Å². The van der Waals surface area contributed by atoms with Crippen LogP contribution in [0.3, 0.4) is 0 Å².